The smallest absolute Gasteiger partial charge is 0.165 e. The number of para-hydroxylation sites is 1. The molecule has 0 unspecified atom stereocenters. The molecule has 0 fully saturated rings. The number of hydrogen-bond acceptors (Lipinski definition) is 4. The Bertz CT molecular complexity index is 2890. The molecule has 228 valence electrons. The number of nitrogens with zero attached hydrogens (tertiary/aromatic N) is 3. The average molecular weight is 626 g/mol. The third kappa shape index (κ3) is 4.57. The molecule has 2 aromatic heterocycles. The molecule has 10 aromatic rings. The van der Waals surface area contributed by atoms with Crippen molar-refractivity contribution in [1.82, 2.24) is 15.0 Å². The van der Waals surface area contributed by atoms with Gasteiger partial charge in [-0.15, -0.1) is 0 Å². The van der Waals surface area contributed by atoms with Crippen LogP contribution in [0.2, 0.25) is 0 Å². The zero-order chi connectivity index (χ0) is 32.3. The van der Waals surface area contributed by atoms with Gasteiger partial charge < -0.3 is 4.42 Å². The highest BCUT2D eigenvalue weighted by Gasteiger charge is 2.22. The third-order valence-corrected chi connectivity index (χ3v) is 9.50. The molecule has 49 heavy (non-hydrogen) atoms. The fourth-order valence-corrected chi connectivity index (χ4v) is 7.12. The van der Waals surface area contributed by atoms with E-state index in [1.54, 1.807) is 0 Å². The van der Waals surface area contributed by atoms with Crippen molar-refractivity contribution in [3.8, 4) is 45.3 Å². The summed E-state index contributed by atoms with van der Waals surface area (Å²) < 4.78 is 6.40. The Hall–Kier alpha value is -6.65. The minimum absolute atomic E-state index is 0.599. The molecule has 0 saturated carbocycles. The minimum atomic E-state index is 0.599. The van der Waals surface area contributed by atoms with Crippen LogP contribution in [0.25, 0.3) is 99.5 Å². The van der Waals surface area contributed by atoms with E-state index in [9.17, 15) is 0 Å². The lowest BCUT2D eigenvalue weighted by molar-refractivity contribution is 0.669. The highest BCUT2D eigenvalue weighted by molar-refractivity contribution is 6.15. The molecule has 0 N–H and O–H groups in total. The van der Waals surface area contributed by atoms with Crippen molar-refractivity contribution in [2.24, 2.45) is 0 Å². The lowest BCUT2D eigenvalue weighted by Gasteiger charge is -2.14. The summed E-state index contributed by atoms with van der Waals surface area (Å²) in [5, 5.41) is 9.06. The molecule has 4 nitrogen and oxygen atoms in total. The molecule has 4 heteroatoms. The predicted octanol–water partition coefficient (Wildman–Crippen LogP) is 11.9. The molecular weight excluding hydrogens is 599 g/mol. The Morgan fingerprint density at radius 1 is 0.347 bits per heavy atom. The Morgan fingerprint density at radius 2 is 0.939 bits per heavy atom. The highest BCUT2D eigenvalue weighted by Crippen LogP contribution is 2.42. The maximum absolute atomic E-state index is 6.40. The van der Waals surface area contributed by atoms with Gasteiger partial charge in [-0.2, -0.15) is 0 Å². The summed E-state index contributed by atoms with van der Waals surface area (Å²) in [6.45, 7) is 0. The van der Waals surface area contributed by atoms with E-state index in [4.69, 9.17) is 19.4 Å². The number of rotatable bonds is 4. The first-order valence-electron chi connectivity index (χ1n) is 16.4. The summed E-state index contributed by atoms with van der Waals surface area (Å²) in [4.78, 5) is 15.8. The molecule has 0 saturated heterocycles. The summed E-state index contributed by atoms with van der Waals surface area (Å²) in [6, 6.07) is 56.9. The first-order valence-corrected chi connectivity index (χ1v) is 16.4. The van der Waals surface area contributed by atoms with Crippen molar-refractivity contribution < 1.29 is 4.42 Å². The second-order valence-corrected chi connectivity index (χ2v) is 12.4. The van der Waals surface area contributed by atoms with Crippen molar-refractivity contribution in [3.05, 3.63) is 164 Å². The van der Waals surface area contributed by atoms with Crippen LogP contribution < -0.4 is 0 Å². The Morgan fingerprint density at radius 3 is 1.76 bits per heavy atom. The Kier molecular flexibility index (Phi) is 6.15. The molecule has 0 radical (unpaired) electrons. The van der Waals surface area contributed by atoms with Gasteiger partial charge in [-0.1, -0.05) is 133 Å². The summed E-state index contributed by atoms with van der Waals surface area (Å²) in [5.41, 5.74) is 6.52. The lowest BCUT2D eigenvalue weighted by atomic mass is 9.94. The average Bonchev–Trinajstić information content (AvgIpc) is 3.56. The van der Waals surface area contributed by atoms with Crippen LogP contribution in [0, 0.1) is 0 Å². The van der Waals surface area contributed by atoms with Crippen molar-refractivity contribution in [2.75, 3.05) is 0 Å². The molecule has 0 aliphatic heterocycles. The number of furan rings is 1. The SMILES string of the molecule is c1ccc(-c2ccc3oc4ccccc4c3c2-c2nc(-c3ccc4ccccc4c3)nc(-c3ccc4ccc5ccccc5c4c3)n2)cc1. The van der Waals surface area contributed by atoms with Gasteiger partial charge in [0.15, 0.2) is 17.5 Å². The van der Waals surface area contributed by atoms with Crippen LogP contribution in [-0.2, 0) is 0 Å². The summed E-state index contributed by atoms with van der Waals surface area (Å²) in [7, 11) is 0. The molecular formula is C45H27N3O. The van der Waals surface area contributed by atoms with Gasteiger partial charge in [0, 0.05) is 27.5 Å². The fourth-order valence-electron chi connectivity index (χ4n) is 7.12. The molecule has 0 aliphatic rings. The lowest BCUT2D eigenvalue weighted by Crippen LogP contribution is -2.01. The maximum atomic E-state index is 6.40. The van der Waals surface area contributed by atoms with E-state index in [0.717, 1.165) is 60.5 Å². The van der Waals surface area contributed by atoms with E-state index in [2.05, 4.69) is 146 Å². The molecule has 10 rings (SSSR count). The third-order valence-electron chi connectivity index (χ3n) is 9.50. The van der Waals surface area contributed by atoms with Gasteiger partial charge in [0.1, 0.15) is 11.2 Å². The zero-order valence-corrected chi connectivity index (χ0v) is 26.3. The molecule has 8 aromatic carbocycles. The number of hydrogen-bond donors (Lipinski definition) is 0. The van der Waals surface area contributed by atoms with Crippen LogP contribution in [0.4, 0.5) is 0 Å². The highest BCUT2D eigenvalue weighted by atomic mass is 16.3. The van der Waals surface area contributed by atoms with E-state index in [0.29, 0.717) is 17.5 Å². The van der Waals surface area contributed by atoms with Gasteiger partial charge in [-0.05, 0) is 73.8 Å². The molecule has 0 spiro atoms. The van der Waals surface area contributed by atoms with Crippen molar-refractivity contribution >= 4 is 54.3 Å². The summed E-state index contributed by atoms with van der Waals surface area (Å²) in [5.74, 6) is 1.83. The van der Waals surface area contributed by atoms with Crippen LogP contribution in [0.5, 0.6) is 0 Å². The van der Waals surface area contributed by atoms with Gasteiger partial charge in [0.25, 0.3) is 0 Å². The first-order chi connectivity index (χ1) is 24.3. The minimum Gasteiger partial charge on any atom is -0.456 e. The van der Waals surface area contributed by atoms with E-state index >= 15 is 0 Å². The Labute approximate surface area is 282 Å². The quantitative estimate of drug-likeness (QED) is 0.183. The van der Waals surface area contributed by atoms with Gasteiger partial charge in [-0.3, -0.25) is 0 Å². The van der Waals surface area contributed by atoms with Crippen LogP contribution in [-0.4, -0.2) is 15.0 Å². The second kappa shape index (κ2) is 11.0. The molecule has 0 atom stereocenters. The molecule has 0 amide bonds. The summed E-state index contributed by atoms with van der Waals surface area (Å²) >= 11 is 0. The van der Waals surface area contributed by atoms with E-state index in [1.807, 2.05) is 18.2 Å². The fraction of sp³-hybridized carbons (Fsp3) is 0. The number of aromatic nitrogens is 3. The second-order valence-electron chi connectivity index (χ2n) is 12.4. The number of benzene rings is 8. The maximum Gasteiger partial charge on any atom is 0.165 e. The number of fused-ring (bicyclic) bond motifs is 7. The van der Waals surface area contributed by atoms with Gasteiger partial charge in [0.05, 0.1) is 0 Å². The normalized spacial score (nSPS) is 11.7. The van der Waals surface area contributed by atoms with Crippen LogP contribution >= 0.6 is 0 Å². The molecule has 2 heterocycles. The topological polar surface area (TPSA) is 51.8 Å². The summed E-state index contributed by atoms with van der Waals surface area (Å²) in [6.07, 6.45) is 0. The standard InChI is InChI=1S/C45H27N3O/c1-2-11-29(12-3-1)36-24-25-40-41(37-16-8-9-17-39(37)49-40)42(36)45-47-43(33-22-18-28-10-4-5-14-32(28)26-33)46-44(48-45)34-23-21-31-20-19-30-13-6-7-15-35(30)38(31)27-34/h1-27H. The van der Waals surface area contributed by atoms with E-state index in [1.165, 1.54) is 21.5 Å². The van der Waals surface area contributed by atoms with Crippen LogP contribution in [0.15, 0.2) is 168 Å². The van der Waals surface area contributed by atoms with Gasteiger partial charge in [-0.25, -0.2) is 15.0 Å². The van der Waals surface area contributed by atoms with E-state index in [-0.39, 0.29) is 0 Å². The Balaban J connectivity index is 1.30. The van der Waals surface area contributed by atoms with E-state index < -0.39 is 0 Å². The van der Waals surface area contributed by atoms with Crippen molar-refractivity contribution in [2.45, 2.75) is 0 Å². The predicted molar refractivity (Wildman–Crippen MR) is 201 cm³/mol. The first kappa shape index (κ1) is 27.5. The van der Waals surface area contributed by atoms with Gasteiger partial charge in [0.2, 0.25) is 0 Å². The van der Waals surface area contributed by atoms with Crippen molar-refractivity contribution in [3.63, 3.8) is 0 Å². The largest absolute Gasteiger partial charge is 0.456 e. The zero-order valence-electron chi connectivity index (χ0n) is 26.3. The molecule has 0 bridgehead atoms. The van der Waals surface area contributed by atoms with Crippen molar-refractivity contribution in [1.29, 1.82) is 0 Å². The van der Waals surface area contributed by atoms with Crippen LogP contribution in [0.1, 0.15) is 0 Å². The monoisotopic (exact) mass is 625 g/mol. The van der Waals surface area contributed by atoms with Crippen LogP contribution in [0.3, 0.4) is 0 Å². The molecule has 0 aliphatic carbocycles. The van der Waals surface area contributed by atoms with Gasteiger partial charge >= 0.3 is 0 Å².